The fourth-order valence-electron chi connectivity index (χ4n) is 0.564. The quantitative estimate of drug-likeness (QED) is 0.568. The zero-order valence-electron chi connectivity index (χ0n) is 7.14. The summed E-state index contributed by atoms with van der Waals surface area (Å²) in [5.41, 5.74) is -0.738. The molecule has 0 aliphatic rings. The van der Waals surface area contributed by atoms with Crippen LogP contribution in [0.15, 0.2) is 0 Å². The average molecular weight is 161 g/mol. The molecule has 1 nitrogen and oxygen atoms in total. The molecule has 0 atom stereocenters. The third-order valence-electron chi connectivity index (χ3n) is 1.09. The Labute approximate surface area is 68.2 Å². The first kappa shape index (κ1) is 10.3. The first-order valence-electron chi connectivity index (χ1n) is 3.84. The minimum atomic E-state index is -0.738. The van der Waals surface area contributed by atoms with Crippen LogP contribution in [0.5, 0.6) is 0 Å². The van der Waals surface area contributed by atoms with E-state index in [-0.39, 0.29) is 0 Å². The molecule has 0 aliphatic heterocycles. The van der Waals surface area contributed by atoms with Crippen LogP contribution in [0, 0.1) is 0 Å². The Balaban J connectivity index is 3.04. The molecule has 61 valence electrons. The molecule has 0 aromatic carbocycles. The molecular weight excluding hydrogens is 144 g/mol. The highest BCUT2D eigenvalue weighted by Crippen LogP contribution is 2.13. The molecule has 0 aromatic rings. The van der Waals surface area contributed by atoms with Gasteiger partial charge in [-0.1, -0.05) is 13.3 Å². The first-order chi connectivity index (χ1) is 4.56. The molecule has 1 radical (unpaired) electrons. The van der Waals surface area contributed by atoms with Crippen molar-refractivity contribution in [2.24, 2.45) is 0 Å². The van der Waals surface area contributed by atoms with Gasteiger partial charge in [-0.15, -0.1) is 0 Å². The molecule has 0 heterocycles. The van der Waals surface area contributed by atoms with Crippen LogP contribution in [0.2, 0.25) is 0 Å². The summed E-state index contributed by atoms with van der Waals surface area (Å²) in [4.78, 5) is 0. The van der Waals surface area contributed by atoms with Crippen molar-refractivity contribution in [2.75, 3.05) is 11.5 Å². The molecule has 0 unspecified atom stereocenters. The Morgan fingerprint density at radius 2 is 2.00 bits per heavy atom. The largest absolute Gasteiger partial charge is 0.229 e. The van der Waals surface area contributed by atoms with Gasteiger partial charge < -0.3 is 0 Å². The Morgan fingerprint density at radius 3 is 2.40 bits per heavy atom. The van der Waals surface area contributed by atoms with Gasteiger partial charge in [0.1, 0.15) is 5.60 Å². The van der Waals surface area contributed by atoms with Crippen molar-refractivity contribution in [3.05, 3.63) is 0 Å². The summed E-state index contributed by atoms with van der Waals surface area (Å²) in [5, 5.41) is 11.0. The van der Waals surface area contributed by atoms with Crippen LogP contribution in [0.4, 0.5) is 0 Å². The van der Waals surface area contributed by atoms with Gasteiger partial charge in [0.2, 0.25) is 0 Å². The lowest BCUT2D eigenvalue weighted by Gasteiger charge is -2.12. The summed E-state index contributed by atoms with van der Waals surface area (Å²) in [7, 11) is 0. The predicted molar refractivity (Wildman–Crippen MR) is 47.0 cm³/mol. The van der Waals surface area contributed by atoms with Gasteiger partial charge in [0.25, 0.3) is 0 Å². The second kappa shape index (κ2) is 5.03. The maximum absolute atomic E-state index is 11.0. The standard InChI is InChI=1S/C8H17OS/c1-4-5-6-10-7-8(2,3)9/h4-7H2,1-3H3. The van der Waals surface area contributed by atoms with Gasteiger partial charge in [0.05, 0.1) is 0 Å². The molecule has 0 aliphatic carbocycles. The van der Waals surface area contributed by atoms with Gasteiger partial charge in [-0.2, -0.15) is 11.8 Å². The van der Waals surface area contributed by atoms with Crippen LogP contribution in [-0.2, 0) is 5.11 Å². The summed E-state index contributed by atoms with van der Waals surface area (Å²) < 4.78 is 0. The summed E-state index contributed by atoms with van der Waals surface area (Å²) in [5.74, 6) is 1.88. The Bertz CT molecular complexity index is 75.8. The molecular formula is C8H17OS. The van der Waals surface area contributed by atoms with Crippen LogP contribution < -0.4 is 0 Å². The van der Waals surface area contributed by atoms with E-state index in [1.54, 1.807) is 25.6 Å². The molecule has 0 bridgehead atoms. The normalized spacial score (nSPS) is 12.0. The van der Waals surface area contributed by atoms with E-state index >= 15 is 0 Å². The molecule has 0 saturated carbocycles. The maximum Gasteiger partial charge on any atom is 0.107 e. The van der Waals surface area contributed by atoms with Gasteiger partial charge >= 0.3 is 0 Å². The van der Waals surface area contributed by atoms with E-state index in [1.807, 2.05) is 0 Å². The van der Waals surface area contributed by atoms with E-state index in [1.165, 1.54) is 12.8 Å². The van der Waals surface area contributed by atoms with Crippen LogP contribution in [0.25, 0.3) is 0 Å². The van der Waals surface area contributed by atoms with E-state index in [0.29, 0.717) is 0 Å². The van der Waals surface area contributed by atoms with Crippen molar-refractivity contribution < 1.29 is 5.11 Å². The zero-order valence-corrected chi connectivity index (χ0v) is 7.96. The number of thioether (sulfide) groups is 1. The molecule has 0 amide bonds. The van der Waals surface area contributed by atoms with Crippen molar-refractivity contribution in [3.63, 3.8) is 0 Å². The van der Waals surface area contributed by atoms with Crippen molar-refractivity contribution >= 4 is 11.8 Å². The second-order valence-corrected chi connectivity index (χ2v) is 4.27. The van der Waals surface area contributed by atoms with E-state index < -0.39 is 5.60 Å². The average Bonchev–Trinajstić information content (AvgIpc) is 1.78. The lowest BCUT2D eigenvalue weighted by atomic mass is 10.2. The maximum atomic E-state index is 11.0. The number of hydrogen-bond donors (Lipinski definition) is 0. The van der Waals surface area contributed by atoms with Crippen molar-refractivity contribution in [1.82, 2.24) is 0 Å². The molecule has 0 spiro atoms. The lowest BCUT2D eigenvalue weighted by Crippen LogP contribution is -2.19. The highest BCUT2D eigenvalue weighted by atomic mass is 32.2. The SMILES string of the molecule is CCCCSCC(C)(C)[O]. The fraction of sp³-hybridized carbons (Fsp3) is 1.00. The second-order valence-electron chi connectivity index (χ2n) is 3.17. The van der Waals surface area contributed by atoms with Crippen LogP contribution in [0.1, 0.15) is 33.6 Å². The lowest BCUT2D eigenvalue weighted by molar-refractivity contribution is 0.0264. The number of hydrogen-bond acceptors (Lipinski definition) is 1. The monoisotopic (exact) mass is 161 g/mol. The van der Waals surface area contributed by atoms with E-state index in [2.05, 4.69) is 6.92 Å². The van der Waals surface area contributed by atoms with Crippen molar-refractivity contribution in [1.29, 1.82) is 0 Å². The predicted octanol–water partition coefficient (Wildman–Crippen LogP) is 2.73. The van der Waals surface area contributed by atoms with Crippen LogP contribution >= 0.6 is 11.8 Å². The highest BCUT2D eigenvalue weighted by Gasteiger charge is 2.13. The third kappa shape index (κ3) is 8.31. The van der Waals surface area contributed by atoms with Gasteiger partial charge in [0.15, 0.2) is 0 Å². The van der Waals surface area contributed by atoms with E-state index in [4.69, 9.17) is 0 Å². The molecule has 0 saturated heterocycles. The first-order valence-corrected chi connectivity index (χ1v) is 5.00. The minimum Gasteiger partial charge on any atom is -0.229 e. The summed E-state index contributed by atoms with van der Waals surface area (Å²) in [6.07, 6.45) is 2.47. The fourth-order valence-corrected chi connectivity index (χ4v) is 1.69. The van der Waals surface area contributed by atoms with Gasteiger partial charge in [0, 0.05) is 5.75 Å². The van der Waals surface area contributed by atoms with Crippen molar-refractivity contribution in [2.45, 2.75) is 39.2 Å². The van der Waals surface area contributed by atoms with Crippen LogP contribution in [0.3, 0.4) is 0 Å². The molecule has 0 rings (SSSR count). The van der Waals surface area contributed by atoms with Gasteiger partial charge in [-0.25, -0.2) is 5.11 Å². The minimum absolute atomic E-state index is 0.738. The zero-order chi connectivity index (χ0) is 8.04. The number of unbranched alkanes of at least 4 members (excludes halogenated alkanes) is 1. The number of rotatable bonds is 5. The Hall–Kier alpha value is 0.310. The third-order valence-corrected chi connectivity index (χ3v) is 2.57. The summed E-state index contributed by atoms with van der Waals surface area (Å²) >= 11 is 1.77. The highest BCUT2D eigenvalue weighted by molar-refractivity contribution is 7.99. The molecule has 0 aromatic heterocycles. The smallest absolute Gasteiger partial charge is 0.107 e. The topological polar surface area (TPSA) is 19.9 Å². The Morgan fingerprint density at radius 1 is 1.40 bits per heavy atom. The van der Waals surface area contributed by atoms with Gasteiger partial charge in [-0.05, 0) is 26.0 Å². The van der Waals surface area contributed by atoms with E-state index in [9.17, 15) is 5.11 Å². The summed E-state index contributed by atoms with van der Waals surface area (Å²) in [6.45, 7) is 5.65. The van der Waals surface area contributed by atoms with E-state index in [0.717, 1.165) is 11.5 Å². The molecule has 10 heavy (non-hydrogen) atoms. The molecule has 0 N–H and O–H groups in total. The van der Waals surface area contributed by atoms with Gasteiger partial charge in [-0.3, -0.25) is 0 Å². The molecule has 0 fully saturated rings. The van der Waals surface area contributed by atoms with Crippen molar-refractivity contribution in [3.8, 4) is 0 Å². The Kier molecular flexibility index (Phi) is 5.18. The molecule has 2 heteroatoms. The van der Waals surface area contributed by atoms with Crippen LogP contribution in [-0.4, -0.2) is 17.1 Å². The summed E-state index contributed by atoms with van der Waals surface area (Å²) in [6, 6.07) is 0.